The Morgan fingerprint density at radius 2 is 0.929 bits per heavy atom. The van der Waals surface area contributed by atoms with Crippen molar-refractivity contribution >= 4 is 5.97 Å². The van der Waals surface area contributed by atoms with Crippen molar-refractivity contribution in [3.8, 4) is 0 Å². The summed E-state index contributed by atoms with van der Waals surface area (Å²) in [7, 11) is 0. The van der Waals surface area contributed by atoms with Crippen molar-refractivity contribution in [1.82, 2.24) is 0 Å². The molecule has 0 amide bonds. The van der Waals surface area contributed by atoms with Gasteiger partial charge in [0.15, 0.2) is 0 Å². The number of unbranched alkanes of at least 4 members (excludes halogenated alkanes) is 9. The van der Waals surface area contributed by atoms with Crippen LogP contribution in [0.5, 0.6) is 0 Å². The molecule has 0 saturated heterocycles. The molecule has 0 aromatic heterocycles. The van der Waals surface area contributed by atoms with Crippen LogP contribution in [0.3, 0.4) is 0 Å². The molecule has 0 aromatic rings. The van der Waals surface area contributed by atoms with Crippen LogP contribution < -0.4 is 0 Å². The van der Waals surface area contributed by atoms with Crippen molar-refractivity contribution in [2.45, 2.75) is 97.3 Å². The van der Waals surface area contributed by atoms with E-state index in [0.717, 1.165) is 25.9 Å². The molecule has 0 aliphatic rings. The highest BCUT2D eigenvalue weighted by atomic mass is 16.5. The van der Waals surface area contributed by atoms with Gasteiger partial charge in [0, 0.05) is 19.6 Å². The second-order valence-corrected chi connectivity index (χ2v) is 7.34. The summed E-state index contributed by atoms with van der Waals surface area (Å²) >= 11 is 0. The summed E-state index contributed by atoms with van der Waals surface area (Å²) in [6.45, 7) is 8.79. The fourth-order valence-electron chi connectivity index (χ4n) is 2.81. The molecule has 0 N–H and O–H groups in total. The van der Waals surface area contributed by atoms with Gasteiger partial charge in [-0.1, -0.05) is 71.6 Å². The lowest BCUT2D eigenvalue weighted by molar-refractivity contribution is -0.144. The van der Waals surface area contributed by atoms with Crippen molar-refractivity contribution in [3.63, 3.8) is 0 Å². The lowest BCUT2D eigenvalue weighted by Gasteiger charge is -2.07. The number of rotatable bonds is 23. The fourth-order valence-corrected chi connectivity index (χ4v) is 2.81. The zero-order valence-corrected chi connectivity index (χ0v) is 18.7. The minimum atomic E-state index is -0.109. The van der Waals surface area contributed by atoms with Gasteiger partial charge >= 0.3 is 5.97 Å². The highest BCUT2D eigenvalue weighted by Gasteiger charge is 2.02. The summed E-state index contributed by atoms with van der Waals surface area (Å²) in [6.07, 6.45) is 14.7. The van der Waals surface area contributed by atoms with Gasteiger partial charge in [0.2, 0.25) is 0 Å². The van der Waals surface area contributed by atoms with E-state index in [9.17, 15) is 4.79 Å². The maximum Gasteiger partial charge on any atom is 0.305 e. The Bertz CT molecular complexity index is 309. The number of carbonyl (C=O) groups is 1. The lowest BCUT2D eigenvalue weighted by atomic mass is 10.1. The number of ether oxygens (including phenoxy) is 4. The average molecular weight is 403 g/mol. The maximum atomic E-state index is 11.6. The Morgan fingerprint density at radius 3 is 1.54 bits per heavy atom. The van der Waals surface area contributed by atoms with Gasteiger partial charge in [-0.2, -0.15) is 0 Å². The van der Waals surface area contributed by atoms with Gasteiger partial charge in [0.05, 0.1) is 33.0 Å². The van der Waals surface area contributed by atoms with Gasteiger partial charge < -0.3 is 18.9 Å². The molecule has 0 spiro atoms. The van der Waals surface area contributed by atoms with Crippen molar-refractivity contribution in [3.05, 3.63) is 0 Å². The summed E-state index contributed by atoms with van der Waals surface area (Å²) in [5.74, 6) is -0.109. The Labute approximate surface area is 173 Å². The van der Waals surface area contributed by atoms with Gasteiger partial charge in [0.1, 0.15) is 0 Å². The van der Waals surface area contributed by atoms with Gasteiger partial charge in [-0.05, 0) is 19.3 Å². The SMILES string of the molecule is CCCCCCCCCOC(=O)CCCOCCOCCOCCCCCC. The first-order valence-electron chi connectivity index (χ1n) is 11.7. The molecule has 0 aromatic carbocycles. The smallest absolute Gasteiger partial charge is 0.305 e. The fraction of sp³-hybridized carbons (Fsp3) is 0.957. The first-order valence-corrected chi connectivity index (χ1v) is 11.7. The zero-order valence-electron chi connectivity index (χ0n) is 18.7. The van der Waals surface area contributed by atoms with Crippen LogP contribution in [0.2, 0.25) is 0 Å². The topological polar surface area (TPSA) is 54.0 Å². The van der Waals surface area contributed by atoms with Crippen molar-refractivity contribution in [1.29, 1.82) is 0 Å². The molecule has 0 heterocycles. The van der Waals surface area contributed by atoms with Crippen LogP contribution in [-0.2, 0) is 23.7 Å². The number of carbonyl (C=O) groups excluding carboxylic acids is 1. The molecule has 168 valence electrons. The second kappa shape index (κ2) is 24.4. The zero-order chi connectivity index (χ0) is 20.5. The highest BCUT2D eigenvalue weighted by Crippen LogP contribution is 2.07. The summed E-state index contributed by atoms with van der Waals surface area (Å²) in [6, 6.07) is 0. The van der Waals surface area contributed by atoms with Crippen LogP contribution in [0.4, 0.5) is 0 Å². The summed E-state index contributed by atoms with van der Waals surface area (Å²) in [5.41, 5.74) is 0. The Morgan fingerprint density at radius 1 is 0.500 bits per heavy atom. The Kier molecular flexibility index (Phi) is 23.8. The van der Waals surface area contributed by atoms with E-state index in [4.69, 9.17) is 18.9 Å². The molecule has 0 fully saturated rings. The summed E-state index contributed by atoms with van der Waals surface area (Å²) in [4.78, 5) is 11.6. The Balaban J connectivity index is 3.12. The molecule has 0 rings (SSSR count). The molecule has 0 aliphatic carbocycles. The number of hydrogen-bond acceptors (Lipinski definition) is 5. The first kappa shape index (κ1) is 27.4. The standard InChI is InChI=1S/C23H46O5/c1-3-5-7-9-10-11-13-18-28-23(24)15-14-17-26-20-22-27-21-19-25-16-12-8-6-4-2/h3-22H2,1-2H3. The minimum Gasteiger partial charge on any atom is -0.466 e. The maximum absolute atomic E-state index is 11.6. The highest BCUT2D eigenvalue weighted by molar-refractivity contribution is 5.69. The van der Waals surface area contributed by atoms with E-state index in [-0.39, 0.29) is 5.97 Å². The molecular weight excluding hydrogens is 356 g/mol. The average Bonchev–Trinajstić information content (AvgIpc) is 2.70. The predicted octanol–water partition coefficient (Wildman–Crippen LogP) is 5.69. The molecular formula is C23H46O5. The van der Waals surface area contributed by atoms with Crippen molar-refractivity contribution < 1.29 is 23.7 Å². The van der Waals surface area contributed by atoms with Crippen LogP contribution in [0.25, 0.3) is 0 Å². The monoisotopic (exact) mass is 402 g/mol. The Hall–Kier alpha value is -0.650. The summed E-state index contributed by atoms with van der Waals surface area (Å²) < 4.78 is 21.7. The molecule has 5 heteroatoms. The van der Waals surface area contributed by atoms with Gasteiger partial charge in [-0.15, -0.1) is 0 Å². The van der Waals surface area contributed by atoms with Gasteiger partial charge in [-0.25, -0.2) is 0 Å². The molecule has 0 unspecified atom stereocenters. The van der Waals surface area contributed by atoms with E-state index in [1.165, 1.54) is 51.4 Å². The van der Waals surface area contributed by atoms with Crippen LogP contribution in [0, 0.1) is 0 Å². The molecule has 0 aliphatic heterocycles. The van der Waals surface area contributed by atoms with Gasteiger partial charge in [0.25, 0.3) is 0 Å². The molecule has 0 bridgehead atoms. The normalized spacial score (nSPS) is 11.1. The van der Waals surface area contributed by atoms with E-state index in [1.807, 2.05) is 0 Å². The van der Waals surface area contributed by atoms with E-state index >= 15 is 0 Å². The van der Waals surface area contributed by atoms with Gasteiger partial charge in [-0.3, -0.25) is 4.79 Å². The van der Waals surface area contributed by atoms with E-state index < -0.39 is 0 Å². The van der Waals surface area contributed by atoms with E-state index in [1.54, 1.807) is 0 Å². The predicted molar refractivity (Wildman–Crippen MR) is 115 cm³/mol. The molecule has 0 atom stereocenters. The molecule has 0 saturated carbocycles. The van der Waals surface area contributed by atoms with Crippen LogP contribution >= 0.6 is 0 Å². The minimum absolute atomic E-state index is 0.109. The van der Waals surface area contributed by atoms with Crippen molar-refractivity contribution in [2.24, 2.45) is 0 Å². The largest absolute Gasteiger partial charge is 0.466 e. The lowest BCUT2D eigenvalue weighted by Crippen LogP contribution is -2.11. The third-order valence-corrected chi connectivity index (χ3v) is 4.57. The quantitative estimate of drug-likeness (QED) is 0.162. The van der Waals surface area contributed by atoms with E-state index in [2.05, 4.69) is 13.8 Å². The van der Waals surface area contributed by atoms with Crippen LogP contribution in [-0.4, -0.2) is 52.2 Å². The molecule has 5 nitrogen and oxygen atoms in total. The molecule has 0 radical (unpaired) electrons. The number of esters is 1. The third-order valence-electron chi connectivity index (χ3n) is 4.57. The van der Waals surface area contributed by atoms with E-state index in [0.29, 0.717) is 52.5 Å². The summed E-state index contributed by atoms with van der Waals surface area (Å²) in [5, 5.41) is 0. The van der Waals surface area contributed by atoms with Crippen LogP contribution in [0.15, 0.2) is 0 Å². The molecule has 28 heavy (non-hydrogen) atoms. The number of hydrogen-bond donors (Lipinski definition) is 0. The first-order chi connectivity index (χ1) is 13.8. The van der Waals surface area contributed by atoms with Crippen molar-refractivity contribution in [2.75, 3.05) is 46.2 Å². The third kappa shape index (κ3) is 23.4. The second-order valence-electron chi connectivity index (χ2n) is 7.34. The van der Waals surface area contributed by atoms with Crippen LogP contribution in [0.1, 0.15) is 97.3 Å².